The summed E-state index contributed by atoms with van der Waals surface area (Å²) in [6.45, 7) is 0. The number of aldehydes is 2. The van der Waals surface area contributed by atoms with Crippen LogP contribution in [0.3, 0.4) is 0 Å². The number of carbonyl (C=O) groups is 2. The zero-order valence-corrected chi connectivity index (χ0v) is 7.01. The van der Waals surface area contributed by atoms with Gasteiger partial charge in [0.1, 0.15) is 12.0 Å². The molecule has 0 aliphatic heterocycles. The number of allylic oxidation sites excluding steroid dienone is 1. The van der Waals surface area contributed by atoms with Gasteiger partial charge in [0.05, 0.1) is 0 Å². The van der Waals surface area contributed by atoms with Gasteiger partial charge >= 0.3 is 0 Å². The summed E-state index contributed by atoms with van der Waals surface area (Å²) in [5.74, 6) is 0. The summed E-state index contributed by atoms with van der Waals surface area (Å²) in [6, 6.07) is 3.41. The summed E-state index contributed by atoms with van der Waals surface area (Å²) in [4.78, 5) is 24.1. The van der Waals surface area contributed by atoms with E-state index in [1.54, 1.807) is 30.5 Å². The number of rotatable bonds is 4. The third-order valence-electron chi connectivity index (χ3n) is 1.47. The lowest BCUT2D eigenvalue weighted by molar-refractivity contribution is -0.107. The molecule has 0 bridgehead atoms. The van der Waals surface area contributed by atoms with Crippen LogP contribution >= 0.6 is 0 Å². The Labute approximate surface area is 76.1 Å². The molecule has 0 saturated carbocycles. The molecule has 1 heterocycles. The maximum atomic E-state index is 10.3. The molecule has 13 heavy (non-hydrogen) atoms. The molecule has 1 rings (SSSR count). The van der Waals surface area contributed by atoms with Crippen LogP contribution in [0.2, 0.25) is 0 Å². The SMILES string of the molecule is O=CCC=Cc1ccc(C=O)nc1. The fourth-order valence-electron chi connectivity index (χ4n) is 0.845. The molecule has 0 fully saturated rings. The van der Waals surface area contributed by atoms with Crippen LogP contribution in [0.5, 0.6) is 0 Å². The molecule has 1 aromatic heterocycles. The van der Waals surface area contributed by atoms with Crippen molar-refractivity contribution in [3.05, 3.63) is 35.7 Å². The van der Waals surface area contributed by atoms with E-state index < -0.39 is 0 Å². The van der Waals surface area contributed by atoms with E-state index in [4.69, 9.17) is 0 Å². The summed E-state index contributed by atoms with van der Waals surface area (Å²) < 4.78 is 0. The Kier molecular flexibility index (Phi) is 3.57. The largest absolute Gasteiger partial charge is 0.303 e. The molecule has 0 aliphatic carbocycles. The average molecular weight is 175 g/mol. The lowest BCUT2D eigenvalue weighted by Gasteiger charge is -1.91. The zero-order valence-electron chi connectivity index (χ0n) is 7.01. The van der Waals surface area contributed by atoms with Gasteiger partial charge < -0.3 is 4.79 Å². The van der Waals surface area contributed by atoms with Gasteiger partial charge in [0.25, 0.3) is 0 Å². The van der Waals surface area contributed by atoms with E-state index >= 15 is 0 Å². The second-order valence-electron chi connectivity index (χ2n) is 2.44. The molecular weight excluding hydrogens is 166 g/mol. The second-order valence-corrected chi connectivity index (χ2v) is 2.44. The lowest BCUT2D eigenvalue weighted by Crippen LogP contribution is -1.85. The van der Waals surface area contributed by atoms with Crippen LogP contribution in [0.25, 0.3) is 6.08 Å². The Morgan fingerprint density at radius 3 is 2.69 bits per heavy atom. The van der Waals surface area contributed by atoms with Crippen molar-refractivity contribution < 1.29 is 9.59 Å². The average Bonchev–Trinajstić information content (AvgIpc) is 2.19. The normalized spacial score (nSPS) is 10.2. The number of hydrogen-bond donors (Lipinski definition) is 0. The molecule has 0 radical (unpaired) electrons. The van der Waals surface area contributed by atoms with Gasteiger partial charge in [-0.1, -0.05) is 18.2 Å². The summed E-state index contributed by atoms with van der Waals surface area (Å²) in [7, 11) is 0. The lowest BCUT2D eigenvalue weighted by atomic mass is 10.2. The molecule has 0 saturated heterocycles. The van der Waals surface area contributed by atoms with E-state index in [0.29, 0.717) is 18.4 Å². The summed E-state index contributed by atoms with van der Waals surface area (Å²) in [5, 5.41) is 0. The van der Waals surface area contributed by atoms with Gasteiger partial charge in [-0.15, -0.1) is 0 Å². The Bertz CT molecular complexity index is 314. The quantitative estimate of drug-likeness (QED) is 0.651. The molecule has 1 aromatic rings. The van der Waals surface area contributed by atoms with Crippen LogP contribution in [0.1, 0.15) is 22.5 Å². The zero-order chi connectivity index (χ0) is 9.52. The first-order valence-electron chi connectivity index (χ1n) is 3.88. The van der Waals surface area contributed by atoms with E-state index in [0.717, 1.165) is 11.8 Å². The fraction of sp³-hybridized carbons (Fsp3) is 0.100. The monoisotopic (exact) mass is 175 g/mol. The van der Waals surface area contributed by atoms with Crippen LogP contribution in [-0.4, -0.2) is 17.6 Å². The fourth-order valence-corrected chi connectivity index (χ4v) is 0.845. The maximum absolute atomic E-state index is 10.3. The molecule has 0 aliphatic rings. The number of pyridine rings is 1. The standard InChI is InChI=1S/C10H9NO2/c12-6-2-1-3-9-4-5-10(8-13)11-7-9/h1,3-8H,2H2. The Balaban J connectivity index is 2.68. The van der Waals surface area contributed by atoms with Crippen LogP contribution in [0.4, 0.5) is 0 Å². The number of nitrogens with zero attached hydrogens (tertiary/aromatic N) is 1. The molecule has 0 unspecified atom stereocenters. The molecule has 0 aromatic carbocycles. The van der Waals surface area contributed by atoms with Crippen LogP contribution in [0.15, 0.2) is 24.4 Å². The molecule has 0 amide bonds. The Hall–Kier alpha value is -1.77. The second kappa shape index (κ2) is 4.98. The number of aromatic nitrogens is 1. The molecular formula is C10H9NO2. The summed E-state index contributed by atoms with van der Waals surface area (Å²) in [5.41, 5.74) is 1.29. The van der Waals surface area contributed by atoms with Crippen LogP contribution in [-0.2, 0) is 4.79 Å². The van der Waals surface area contributed by atoms with E-state index in [1.807, 2.05) is 0 Å². The van der Waals surface area contributed by atoms with E-state index in [9.17, 15) is 9.59 Å². The highest BCUT2D eigenvalue weighted by Crippen LogP contribution is 2.01. The minimum atomic E-state index is 0.398. The van der Waals surface area contributed by atoms with Gasteiger partial charge in [-0.2, -0.15) is 0 Å². The van der Waals surface area contributed by atoms with Gasteiger partial charge in [-0.05, 0) is 11.6 Å². The van der Waals surface area contributed by atoms with E-state index in [2.05, 4.69) is 4.98 Å². The van der Waals surface area contributed by atoms with E-state index in [-0.39, 0.29) is 0 Å². The molecule has 66 valence electrons. The topological polar surface area (TPSA) is 47.0 Å². The third-order valence-corrected chi connectivity index (χ3v) is 1.47. The maximum Gasteiger partial charge on any atom is 0.168 e. The molecule has 3 heteroatoms. The van der Waals surface area contributed by atoms with Gasteiger partial charge in [0.2, 0.25) is 0 Å². The summed E-state index contributed by atoms with van der Waals surface area (Å²) >= 11 is 0. The number of hydrogen-bond acceptors (Lipinski definition) is 3. The van der Waals surface area contributed by atoms with Gasteiger partial charge in [0.15, 0.2) is 6.29 Å². The first-order valence-corrected chi connectivity index (χ1v) is 3.88. The highest BCUT2D eigenvalue weighted by atomic mass is 16.1. The molecule has 3 nitrogen and oxygen atoms in total. The van der Waals surface area contributed by atoms with Crippen molar-refractivity contribution in [3.8, 4) is 0 Å². The van der Waals surface area contributed by atoms with Crippen molar-refractivity contribution in [1.82, 2.24) is 4.98 Å². The highest BCUT2D eigenvalue weighted by Gasteiger charge is 1.89. The van der Waals surface area contributed by atoms with Crippen LogP contribution < -0.4 is 0 Å². The minimum absolute atomic E-state index is 0.398. The summed E-state index contributed by atoms with van der Waals surface area (Å²) in [6.07, 6.45) is 7.03. The van der Waals surface area contributed by atoms with Gasteiger partial charge in [0, 0.05) is 12.6 Å². The van der Waals surface area contributed by atoms with Crippen molar-refractivity contribution in [3.63, 3.8) is 0 Å². The molecule has 0 N–H and O–H groups in total. The minimum Gasteiger partial charge on any atom is -0.303 e. The van der Waals surface area contributed by atoms with Gasteiger partial charge in [-0.3, -0.25) is 9.78 Å². The first-order chi connectivity index (χ1) is 6.36. The smallest absolute Gasteiger partial charge is 0.168 e. The van der Waals surface area contributed by atoms with Crippen LogP contribution in [0, 0.1) is 0 Å². The Morgan fingerprint density at radius 2 is 2.15 bits per heavy atom. The molecule has 0 atom stereocenters. The third kappa shape index (κ3) is 2.99. The predicted molar refractivity (Wildman–Crippen MR) is 49.3 cm³/mol. The number of carbonyl (C=O) groups excluding carboxylic acids is 2. The predicted octanol–water partition coefficient (Wildman–Crippen LogP) is 1.50. The van der Waals surface area contributed by atoms with Crippen molar-refractivity contribution in [2.45, 2.75) is 6.42 Å². The van der Waals surface area contributed by atoms with Crippen molar-refractivity contribution >= 4 is 18.6 Å². The molecule has 0 spiro atoms. The van der Waals surface area contributed by atoms with Crippen molar-refractivity contribution in [1.29, 1.82) is 0 Å². The van der Waals surface area contributed by atoms with Crippen molar-refractivity contribution in [2.24, 2.45) is 0 Å². The highest BCUT2D eigenvalue weighted by molar-refractivity contribution is 5.72. The Morgan fingerprint density at radius 1 is 1.31 bits per heavy atom. The first kappa shape index (κ1) is 9.32. The van der Waals surface area contributed by atoms with Gasteiger partial charge in [-0.25, -0.2) is 0 Å². The van der Waals surface area contributed by atoms with Crippen molar-refractivity contribution in [2.75, 3.05) is 0 Å². The van der Waals surface area contributed by atoms with E-state index in [1.165, 1.54) is 0 Å².